The molecule has 1 unspecified atom stereocenters. The van der Waals surface area contributed by atoms with Crippen LogP contribution in [0.5, 0.6) is 0 Å². The summed E-state index contributed by atoms with van der Waals surface area (Å²) in [6.07, 6.45) is 7.59. The van der Waals surface area contributed by atoms with E-state index in [0.29, 0.717) is 41.8 Å². The molecular weight excluding hydrogens is 672 g/mol. The summed E-state index contributed by atoms with van der Waals surface area (Å²) in [5.41, 5.74) is 6.85. The fourth-order valence-corrected chi connectivity index (χ4v) is 7.00. The quantitative estimate of drug-likeness (QED) is 0.137. The molecule has 0 aliphatic carbocycles. The third kappa shape index (κ3) is 8.39. The first-order valence-electron chi connectivity index (χ1n) is 17.8. The van der Waals surface area contributed by atoms with E-state index in [1.165, 1.54) is 6.07 Å². The SMILES string of the molecule is Cc1ccc(NC(=O)c2ccc(N3CCC(N(C)Cc4ccc(C5CCC(=O)NC5=O)c(F)c4)CC3)cc2)cc1Nc1nccc(-c2cccnc2)n1. The Morgan fingerprint density at radius 3 is 2.53 bits per heavy atom. The molecule has 3 amide bonds. The van der Waals surface area contributed by atoms with Gasteiger partial charge >= 0.3 is 0 Å². The predicted molar refractivity (Wildman–Crippen MR) is 202 cm³/mol. The van der Waals surface area contributed by atoms with Crippen LogP contribution in [0.15, 0.2) is 97.5 Å². The molecule has 2 aliphatic rings. The van der Waals surface area contributed by atoms with E-state index in [1.54, 1.807) is 24.7 Å². The van der Waals surface area contributed by atoms with Crippen LogP contribution in [0.4, 0.5) is 27.4 Å². The second-order valence-corrected chi connectivity index (χ2v) is 13.7. The second-order valence-electron chi connectivity index (χ2n) is 13.7. The summed E-state index contributed by atoms with van der Waals surface area (Å²) in [5, 5.41) is 8.60. The topological polar surface area (TPSA) is 132 Å². The third-order valence-corrected chi connectivity index (χ3v) is 10.0. The molecule has 2 saturated heterocycles. The summed E-state index contributed by atoms with van der Waals surface area (Å²) >= 11 is 0. The minimum atomic E-state index is -0.638. The van der Waals surface area contributed by atoms with E-state index in [-0.39, 0.29) is 18.2 Å². The molecular formula is C41H41FN8O3. The van der Waals surface area contributed by atoms with Crippen LogP contribution < -0.4 is 20.9 Å². The zero-order chi connectivity index (χ0) is 36.9. The van der Waals surface area contributed by atoms with Gasteiger partial charge in [0.15, 0.2) is 0 Å². The van der Waals surface area contributed by atoms with Crippen molar-refractivity contribution >= 4 is 40.7 Å². The average Bonchev–Trinajstić information content (AvgIpc) is 3.17. The highest BCUT2D eigenvalue weighted by Gasteiger charge is 2.30. The number of halogens is 1. The van der Waals surface area contributed by atoms with Gasteiger partial charge in [-0.3, -0.25) is 29.6 Å². The molecule has 3 aromatic carbocycles. The number of benzene rings is 3. The summed E-state index contributed by atoms with van der Waals surface area (Å²) < 4.78 is 15.1. The van der Waals surface area contributed by atoms with E-state index < -0.39 is 17.6 Å². The van der Waals surface area contributed by atoms with Crippen molar-refractivity contribution in [2.24, 2.45) is 0 Å². The Hall–Kier alpha value is -6.01. The van der Waals surface area contributed by atoms with Crippen molar-refractivity contribution < 1.29 is 18.8 Å². The van der Waals surface area contributed by atoms with E-state index in [0.717, 1.165) is 59.7 Å². The maximum absolute atomic E-state index is 15.1. The molecule has 53 heavy (non-hydrogen) atoms. The molecule has 2 aliphatic heterocycles. The number of nitrogens with one attached hydrogen (secondary N) is 3. The number of hydrogen-bond donors (Lipinski definition) is 3. The van der Waals surface area contributed by atoms with Gasteiger partial charge in [0.1, 0.15) is 5.82 Å². The van der Waals surface area contributed by atoms with Crippen molar-refractivity contribution in [1.82, 2.24) is 25.2 Å². The number of nitrogens with zero attached hydrogens (tertiary/aromatic N) is 5. The molecule has 11 nitrogen and oxygen atoms in total. The van der Waals surface area contributed by atoms with Crippen molar-refractivity contribution in [2.45, 2.75) is 51.1 Å². The summed E-state index contributed by atoms with van der Waals surface area (Å²) in [4.78, 5) is 54.7. The van der Waals surface area contributed by atoms with Crippen molar-refractivity contribution in [1.29, 1.82) is 0 Å². The Morgan fingerprint density at radius 2 is 1.79 bits per heavy atom. The monoisotopic (exact) mass is 712 g/mol. The Bertz CT molecular complexity index is 2120. The lowest BCUT2D eigenvalue weighted by molar-refractivity contribution is -0.134. The van der Waals surface area contributed by atoms with Crippen LogP contribution in [0.3, 0.4) is 0 Å². The molecule has 270 valence electrons. The lowest BCUT2D eigenvalue weighted by Crippen LogP contribution is -2.43. The number of carbonyl (C=O) groups is 3. The molecule has 7 rings (SSSR count). The van der Waals surface area contributed by atoms with E-state index in [9.17, 15) is 14.4 Å². The van der Waals surface area contributed by atoms with Gasteiger partial charge in [-0.2, -0.15) is 0 Å². The fraction of sp³-hybridized carbons (Fsp3) is 0.268. The summed E-state index contributed by atoms with van der Waals surface area (Å²) in [6.45, 7) is 4.28. The number of rotatable bonds is 10. The Morgan fingerprint density at radius 1 is 0.981 bits per heavy atom. The standard InChI is InChI=1S/C41H41FN8O3/c1-26-5-9-30(23-37(26)47-41-44-19-15-36(46-41)29-4-3-18-43-24-29)45-39(52)28-7-10-32(11-8-28)50-20-16-31(17-21-50)49(2)25-27-6-12-33(35(42)22-27)34-13-14-38(51)48-40(34)53/h3-12,15,18-19,22-24,31,34H,13-14,16-17,20-21,25H2,1-2H3,(H,45,52)(H,44,46,47)(H,48,51,53). The van der Waals surface area contributed by atoms with Crippen molar-refractivity contribution in [3.8, 4) is 11.3 Å². The number of anilines is 4. The number of hydrogen-bond acceptors (Lipinski definition) is 9. The number of aromatic nitrogens is 3. The van der Waals surface area contributed by atoms with Crippen LogP contribution in [0.25, 0.3) is 11.3 Å². The van der Waals surface area contributed by atoms with Crippen LogP contribution in [0.2, 0.25) is 0 Å². The normalized spacial score (nSPS) is 16.4. The minimum absolute atomic E-state index is 0.205. The first-order valence-corrected chi connectivity index (χ1v) is 17.8. The fourth-order valence-electron chi connectivity index (χ4n) is 7.00. The maximum atomic E-state index is 15.1. The highest BCUT2D eigenvalue weighted by atomic mass is 19.1. The lowest BCUT2D eigenvalue weighted by atomic mass is 9.89. The van der Waals surface area contributed by atoms with Crippen molar-refractivity contribution in [2.75, 3.05) is 35.7 Å². The molecule has 5 aromatic rings. The van der Waals surface area contributed by atoms with E-state index in [4.69, 9.17) is 0 Å². The number of pyridine rings is 1. The number of piperidine rings is 2. The smallest absolute Gasteiger partial charge is 0.255 e. The molecule has 2 fully saturated rings. The Kier molecular flexibility index (Phi) is 10.5. The maximum Gasteiger partial charge on any atom is 0.255 e. The Balaban J connectivity index is 0.910. The number of amides is 3. The van der Waals surface area contributed by atoms with Gasteiger partial charge in [0.05, 0.1) is 11.6 Å². The molecule has 0 radical (unpaired) electrons. The number of imide groups is 1. The molecule has 0 saturated carbocycles. The summed E-state index contributed by atoms with van der Waals surface area (Å²) in [5.74, 6) is -1.56. The first-order chi connectivity index (χ1) is 25.7. The van der Waals surface area contributed by atoms with Crippen molar-refractivity contribution in [3.63, 3.8) is 0 Å². The van der Waals surface area contributed by atoms with Crippen LogP contribution >= 0.6 is 0 Å². The molecule has 3 N–H and O–H groups in total. The lowest BCUT2D eigenvalue weighted by Gasteiger charge is -2.38. The van der Waals surface area contributed by atoms with Crippen molar-refractivity contribution in [3.05, 3.63) is 126 Å². The molecule has 1 atom stereocenters. The predicted octanol–water partition coefficient (Wildman–Crippen LogP) is 6.60. The molecule has 2 aromatic heterocycles. The van der Waals surface area contributed by atoms with E-state index in [1.807, 2.05) is 73.7 Å². The molecule has 4 heterocycles. The van der Waals surface area contributed by atoms with E-state index >= 15 is 4.39 Å². The average molecular weight is 713 g/mol. The zero-order valence-electron chi connectivity index (χ0n) is 29.7. The molecule has 0 spiro atoms. The van der Waals surface area contributed by atoms with Gasteiger partial charge in [0.25, 0.3) is 5.91 Å². The van der Waals surface area contributed by atoms with Gasteiger partial charge in [0, 0.05) is 84.4 Å². The molecule has 0 bridgehead atoms. The number of aryl methyl sites for hydroxylation is 1. The van der Waals surface area contributed by atoms with Gasteiger partial charge in [-0.05, 0) is 105 Å². The van der Waals surface area contributed by atoms with Gasteiger partial charge in [-0.15, -0.1) is 0 Å². The third-order valence-electron chi connectivity index (χ3n) is 10.0. The number of carbonyl (C=O) groups excluding carboxylic acids is 3. The summed E-state index contributed by atoms with van der Waals surface area (Å²) in [6, 6.07) is 24.4. The van der Waals surface area contributed by atoms with Gasteiger partial charge in [-0.1, -0.05) is 18.2 Å². The second kappa shape index (κ2) is 15.7. The van der Waals surface area contributed by atoms with E-state index in [2.05, 4.69) is 47.7 Å². The Labute approximate surface area is 307 Å². The largest absolute Gasteiger partial charge is 0.371 e. The first kappa shape index (κ1) is 35.4. The highest BCUT2D eigenvalue weighted by molar-refractivity contribution is 6.04. The minimum Gasteiger partial charge on any atom is -0.371 e. The summed E-state index contributed by atoms with van der Waals surface area (Å²) in [7, 11) is 2.06. The van der Waals surface area contributed by atoms with Crippen LogP contribution in [0, 0.1) is 12.7 Å². The molecule has 12 heteroatoms. The van der Waals surface area contributed by atoms with Crippen LogP contribution in [0.1, 0.15) is 58.6 Å². The van der Waals surface area contributed by atoms with Gasteiger partial charge in [-0.25, -0.2) is 14.4 Å². The zero-order valence-corrected chi connectivity index (χ0v) is 29.7. The van der Waals surface area contributed by atoms with Crippen LogP contribution in [-0.4, -0.2) is 63.8 Å². The van der Waals surface area contributed by atoms with Crippen LogP contribution in [-0.2, 0) is 16.1 Å². The highest BCUT2D eigenvalue weighted by Crippen LogP contribution is 2.29. The van der Waals surface area contributed by atoms with Gasteiger partial charge < -0.3 is 15.5 Å². The van der Waals surface area contributed by atoms with Gasteiger partial charge in [0.2, 0.25) is 17.8 Å².